The van der Waals surface area contributed by atoms with Crippen LogP contribution in [0.3, 0.4) is 0 Å². The van der Waals surface area contributed by atoms with Crippen LogP contribution < -0.4 is 23.7 Å². The molecule has 1 fully saturated rings. The predicted molar refractivity (Wildman–Crippen MR) is 579 cm³/mol. The standard InChI is InChI=1S/2C28H32O3.C25H32O3.2C23H30O3/c1-18(2)26-15-23(10-11-28(26)30)16-27-20(4)12-25(13-21(27)5)31-17-24(29)14-22-8-6-19(3)7-9-22;1-18(2)26-15-23(9-10-28(26)30)16-27-20(4)12-25(13-21(27)5)31-17-24(29)14-22-8-6-7-19(3)11-22;1-16(2)23-13-20(8-9-25(23)27)14-24-17(3)10-22(11-18(24)4)28-15-21(26)12-19-6-5-7-19;2*1-6-7-19(24)14-26-20-10-16(4)22(17(5)11-20)13-18-8-9-23(25)21(12-18)15(2)3/h2*6-13,15,18,30H,14,16-17H2,1-5H3;8-11,13,16,19,27H,5-7,12,14-15H2,1-4H3;2*8-12,15,25H,6-7,13-14H2,1-5H3. The number of ketones is 5. The van der Waals surface area contributed by atoms with Crippen molar-refractivity contribution in [3.63, 3.8) is 0 Å². The first-order valence-corrected chi connectivity index (χ1v) is 50.8. The second-order valence-corrected chi connectivity index (χ2v) is 40.8. The summed E-state index contributed by atoms with van der Waals surface area (Å²) in [6.45, 7) is 50.3. The fourth-order valence-electron chi connectivity index (χ4n) is 18.2. The minimum atomic E-state index is 0.0635. The fraction of sp³-hybridized carbons (Fsp3) is 0.394. The molecule has 0 radical (unpaired) electrons. The van der Waals surface area contributed by atoms with Crippen molar-refractivity contribution in [3.05, 3.63) is 362 Å². The van der Waals surface area contributed by atoms with Gasteiger partial charge in [-0.05, 0) is 405 Å². The maximum absolute atomic E-state index is 12.3. The number of carbonyl (C=O) groups excluding carboxylic acids is 5. The monoisotopic (exact) mass is 1920 g/mol. The quantitative estimate of drug-likeness (QED) is 0.0240. The van der Waals surface area contributed by atoms with E-state index in [1.807, 2.05) is 167 Å². The van der Waals surface area contributed by atoms with Crippen LogP contribution in [0, 0.1) is 89.0 Å². The fourth-order valence-corrected chi connectivity index (χ4v) is 18.2. The molecule has 1 aliphatic carbocycles. The van der Waals surface area contributed by atoms with Crippen LogP contribution in [-0.2, 0) is 68.9 Å². The molecular formula is C127H156O15. The highest BCUT2D eigenvalue weighted by atomic mass is 16.5. The molecule has 13 rings (SSSR count). The van der Waals surface area contributed by atoms with E-state index in [0.717, 1.165) is 163 Å². The first kappa shape index (κ1) is 113. The highest BCUT2D eigenvalue weighted by Gasteiger charge is 2.24. The minimum absolute atomic E-state index is 0.0635. The third-order valence-electron chi connectivity index (χ3n) is 26.6. The number of carbonyl (C=O) groups is 5. The van der Waals surface area contributed by atoms with Crippen molar-refractivity contribution in [1.29, 1.82) is 0 Å². The van der Waals surface area contributed by atoms with Crippen LogP contribution in [0.4, 0.5) is 0 Å². The van der Waals surface area contributed by atoms with Crippen LogP contribution in [0.15, 0.2) is 200 Å². The Morgan fingerprint density at radius 2 is 0.500 bits per heavy atom. The summed E-state index contributed by atoms with van der Waals surface area (Å²) in [5, 5.41) is 50.2. The van der Waals surface area contributed by atoms with Gasteiger partial charge in [-0.2, -0.15) is 0 Å². The van der Waals surface area contributed by atoms with E-state index in [0.29, 0.717) is 66.8 Å². The lowest BCUT2D eigenvalue weighted by atomic mass is 9.82. The zero-order chi connectivity index (χ0) is 104. The van der Waals surface area contributed by atoms with Gasteiger partial charge in [-0.15, -0.1) is 0 Å². The highest BCUT2D eigenvalue weighted by Crippen LogP contribution is 2.38. The van der Waals surface area contributed by atoms with Gasteiger partial charge in [0.1, 0.15) is 90.5 Å². The molecule has 0 saturated heterocycles. The average Bonchev–Trinajstić information content (AvgIpc) is 0.829. The van der Waals surface area contributed by atoms with Crippen LogP contribution >= 0.6 is 0 Å². The van der Waals surface area contributed by atoms with Crippen molar-refractivity contribution in [2.75, 3.05) is 33.0 Å². The summed E-state index contributed by atoms with van der Waals surface area (Å²) in [7, 11) is 0. The lowest BCUT2D eigenvalue weighted by Gasteiger charge is -2.24. The summed E-state index contributed by atoms with van der Waals surface area (Å²) < 4.78 is 28.8. The number of rotatable bonds is 40. The Kier molecular flexibility index (Phi) is 43.0. The summed E-state index contributed by atoms with van der Waals surface area (Å²) in [6, 6.07) is 65.4. The van der Waals surface area contributed by atoms with Gasteiger partial charge in [0.15, 0.2) is 28.9 Å². The second kappa shape index (κ2) is 54.3. The van der Waals surface area contributed by atoms with Crippen LogP contribution in [0.1, 0.15) is 325 Å². The topological polar surface area (TPSA) is 233 Å². The first-order chi connectivity index (χ1) is 67.4. The Bertz CT molecular complexity index is 6040. The molecule has 0 unspecified atom stereocenters. The number of ether oxygens (including phenoxy) is 5. The number of hydrogen-bond acceptors (Lipinski definition) is 15. The number of aromatic hydroxyl groups is 5. The summed E-state index contributed by atoms with van der Waals surface area (Å²) in [6.07, 6.45) is 11.9. The number of hydrogen-bond donors (Lipinski definition) is 5. The largest absolute Gasteiger partial charge is 0.508 e. The number of phenols is 5. The van der Waals surface area contributed by atoms with E-state index >= 15 is 0 Å². The second-order valence-electron chi connectivity index (χ2n) is 40.8. The van der Waals surface area contributed by atoms with Crippen LogP contribution in [0.2, 0.25) is 0 Å². The van der Waals surface area contributed by atoms with Gasteiger partial charge in [0.25, 0.3) is 0 Å². The summed E-state index contributed by atoms with van der Waals surface area (Å²) >= 11 is 0. The zero-order valence-electron chi connectivity index (χ0n) is 89.0. The SMILES string of the molecule is CCCC(=O)COc1cc(C)c(Cc2ccc(O)c(C(C)C)c2)c(C)c1.CCCC(=O)COc1cc(C)c(Cc2ccc(O)c(C(C)C)c2)c(C)c1.Cc1cc(OCC(=O)CC2CCC2)cc(C)c1Cc1ccc(O)c(C(C)C)c1.Cc1ccc(CC(=O)COc2cc(C)c(Cc3ccc(O)c(C(C)C)c3)c(C)c2)cc1.Cc1cccc(CC(=O)COc2cc(C)c(Cc3ccc(O)c(C(C)C)c3)c(C)c2)c1. The predicted octanol–water partition coefficient (Wildman–Crippen LogP) is 29.2. The van der Waals surface area contributed by atoms with Crippen molar-refractivity contribution in [1.82, 2.24) is 0 Å². The molecule has 12 aromatic carbocycles. The van der Waals surface area contributed by atoms with E-state index in [1.165, 1.54) is 91.6 Å². The van der Waals surface area contributed by atoms with Crippen LogP contribution in [0.5, 0.6) is 57.5 Å². The van der Waals surface area contributed by atoms with E-state index in [4.69, 9.17) is 23.7 Å². The van der Waals surface area contributed by atoms with Crippen LogP contribution in [-0.4, -0.2) is 87.5 Å². The molecular weight excluding hydrogens is 1770 g/mol. The molecule has 5 N–H and O–H groups in total. The number of benzene rings is 12. The van der Waals surface area contributed by atoms with Crippen molar-refractivity contribution < 1.29 is 73.2 Å². The Morgan fingerprint density at radius 1 is 0.268 bits per heavy atom. The zero-order valence-corrected chi connectivity index (χ0v) is 89.0. The molecule has 15 nitrogen and oxygen atoms in total. The molecule has 0 atom stereocenters. The van der Waals surface area contributed by atoms with Crippen molar-refractivity contribution in [3.8, 4) is 57.5 Å². The third kappa shape index (κ3) is 34.7. The van der Waals surface area contributed by atoms with Gasteiger partial charge in [0.05, 0.1) is 0 Å². The van der Waals surface area contributed by atoms with E-state index in [9.17, 15) is 49.5 Å². The smallest absolute Gasteiger partial charge is 0.174 e. The van der Waals surface area contributed by atoms with Gasteiger partial charge in [-0.3, -0.25) is 24.0 Å². The van der Waals surface area contributed by atoms with E-state index in [2.05, 4.69) is 169 Å². The minimum Gasteiger partial charge on any atom is -0.508 e. The Morgan fingerprint density at radius 3 is 0.725 bits per heavy atom. The highest BCUT2D eigenvalue weighted by molar-refractivity contribution is 5.83. The third-order valence-corrected chi connectivity index (χ3v) is 26.6. The number of Topliss-reactive ketones (excluding diaryl/α,β-unsaturated/α-hetero) is 5. The lowest BCUT2D eigenvalue weighted by Crippen LogP contribution is -2.20. The average molecular weight is 1920 g/mol. The molecule has 12 aromatic rings. The lowest BCUT2D eigenvalue weighted by molar-refractivity contribution is -0.123. The van der Waals surface area contributed by atoms with Crippen LogP contribution in [0.25, 0.3) is 0 Å². The van der Waals surface area contributed by atoms with Gasteiger partial charge >= 0.3 is 0 Å². The molecule has 754 valence electrons. The number of phenolic OH excluding ortho intramolecular Hbond substituents is 5. The molecule has 0 aliphatic heterocycles. The summed E-state index contributed by atoms with van der Waals surface area (Å²) in [5.74, 6) is 8.11. The molecule has 0 aromatic heterocycles. The van der Waals surface area contributed by atoms with E-state index < -0.39 is 0 Å². The van der Waals surface area contributed by atoms with Gasteiger partial charge in [0.2, 0.25) is 0 Å². The van der Waals surface area contributed by atoms with E-state index in [-0.39, 0.29) is 91.5 Å². The van der Waals surface area contributed by atoms with Gasteiger partial charge in [-0.25, -0.2) is 0 Å². The molecule has 142 heavy (non-hydrogen) atoms. The Labute approximate surface area is 846 Å². The summed E-state index contributed by atoms with van der Waals surface area (Å²) in [4.78, 5) is 60.1. The molecule has 0 amide bonds. The molecule has 0 spiro atoms. The molecule has 1 aliphatic rings. The molecule has 15 heteroatoms. The maximum Gasteiger partial charge on any atom is 0.174 e. The number of aryl methyl sites for hydroxylation is 12. The maximum atomic E-state index is 12.3. The van der Waals surface area contributed by atoms with Gasteiger partial charge < -0.3 is 49.2 Å². The van der Waals surface area contributed by atoms with Crippen molar-refractivity contribution in [2.24, 2.45) is 5.92 Å². The molecule has 0 bridgehead atoms. The molecule has 0 heterocycles. The van der Waals surface area contributed by atoms with E-state index in [1.54, 1.807) is 30.3 Å². The van der Waals surface area contributed by atoms with Gasteiger partial charge in [-0.1, -0.05) is 223 Å². The Balaban J connectivity index is 0.000000198. The summed E-state index contributed by atoms with van der Waals surface area (Å²) in [5.41, 5.74) is 33.0. The van der Waals surface area contributed by atoms with Gasteiger partial charge in [0, 0.05) is 32.1 Å². The molecule has 1 saturated carbocycles. The Hall–Kier alpha value is -13.0. The normalized spacial score (nSPS) is 11.6. The first-order valence-electron chi connectivity index (χ1n) is 50.8. The van der Waals surface area contributed by atoms with Crippen molar-refractivity contribution >= 4 is 28.9 Å². The van der Waals surface area contributed by atoms with Crippen molar-refractivity contribution in [2.45, 2.75) is 292 Å².